The highest BCUT2D eigenvalue weighted by Crippen LogP contribution is 2.38. The number of halogens is 1. The van der Waals surface area contributed by atoms with Crippen LogP contribution in [0.4, 0.5) is 0 Å². The summed E-state index contributed by atoms with van der Waals surface area (Å²) in [5.41, 5.74) is 1.75. The number of hydrogen-bond donors (Lipinski definition) is 1. The van der Waals surface area contributed by atoms with Crippen LogP contribution in [0.5, 0.6) is 5.75 Å². The minimum atomic E-state index is -0.0558. The van der Waals surface area contributed by atoms with Crippen molar-refractivity contribution < 1.29 is 9.53 Å². The van der Waals surface area contributed by atoms with Gasteiger partial charge in [0.1, 0.15) is 5.75 Å². The summed E-state index contributed by atoms with van der Waals surface area (Å²) < 4.78 is 5.25. The minimum Gasteiger partial charge on any atom is -0.496 e. The minimum absolute atomic E-state index is 0.0558. The van der Waals surface area contributed by atoms with Gasteiger partial charge in [0, 0.05) is 23.4 Å². The molecule has 1 aromatic carbocycles. The first-order chi connectivity index (χ1) is 9.60. The Labute approximate surface area is 125 Å². The van der Waals surface area contributed by atoms with Gasteiger partial charge >= 0.3 is 0 Å². The SMILES string of the molecule is COc1cc(C(=O)NCC2(CCl)CCCC2)ccc1C. The third-order valence-corrected chi connectivity index (χ3v) is 4.81. The van der Waals surface area contributed by atoms with Crippen LogP contribution in [-0.4, -0.2) is 25.4 Å². The second kappa shape index (κ2) is 6.49. The predicted octanol–water partition coefficient (Wildman–Crippen LogP) is 3.53. The number of nitrogens with one attached hydrogen (secondary N) is 1. The molecule has 0 saturated heterocycles. The van der Waals surface area contributed by atoms with Crippen LogP contribution in [0, 0.1) is 12.3 Å². The molecule has 1 aliphatic rings. The van der Waals surface area contributed by atoms with Gasteiger partial charge in [0.05, 0.1) is 7.11 Å². The van der Waals surface area contributed by atoms with E-state index in [0.717, 1.165) is 24.2 Å². The van der Waals surface area contributed by atoms with Crippen LogP contribution < -0.4 is 10.1 Å². The van der Waals surface area contributed by atoms with E-state index in [1.807, 2.05) is 19.1 Å². The number of methoxy groups -OCH3 is 1. The van der Waals surface area contributed by atoms with Gasteiger partial charge in [-0.25, -0.2) is 0 Å². The molecule has 0 bridgehead atoms. The monoisotopic (exact) mass is 295 g/mol. The molecule has 0 unspecified atom stereocenters. The molecule has 0 radical (unpaired) electrons. The van der Waals surface area contributed by atoms with Crippen LogP contribution in [0.25, 0.3) is 0 Å². The molecule has 0 heterocycles. The number of benzene rings is 1. The summed E-state index contributed by atoms with van der Waals surface area (Å²) in [6.07, 6.45) is 4.63. The fourth-order valence-electron chi connectivity index (χ4n) is 2.81. The molecule has 0 aromatic heterocycles. The van der Waals surface area contributed by atoms with Gasteiger partial charge in [-0.1, -0.05) is 18.9 Å². The first kappa shape index (κ1) is 15.2. The van der Waals surface area contributed by atoms with Crippen molar-refractivity contribution in [2.24, 2.45) is 5.41 Å². The van der Waals surface area contributed by atoms with Gasteiger partial charge in [-0.15, -0.1) is 11.6 Å². The molecule has 1 fully saturated rings. The fraction of sp³-hybridized carbons (Fsp3) is 0.562. The van der Waals surface area contributed by atoms with Crippen molar-refractivity contribution in [3.05, 3.63) is 29.3 Å². The Morgan fingerprint density at radius 2 is 2.10 bits per heavy atom. The van der Waals surface area contributed by atoms with Crippen molar-refractivity contribution in [3.8, 4) is 5.75 Å². The first-order valence-corrected chi connectivity index (χ1v) is 7.62. The van der Waals surface area contributed by atoms with Gasteiger partial charge in [0.2, 0.25) is 0 Å². The largest absolute Gasteiger partial charge is 0.496 e. The van der Waals surface area contributed by atoms with Crippen molar-refractivity contribution in [2.75, 3.05) is 19.5 Å². The maximum atomic E-state index is 12.2. The molecule has 4 heteroatoms. The van der Waals surface area contributed by atoms with E-state index in [9.17, 15) is 4.79 Å². The molecule has 0 aliphatic heterocycles. The first-order valence-electron chi connectivity index (χ1n) is 7.09. The maximum absolute atomic E-state index is 12.2. The van der Waals surface area contributed by atoms with E-state index in [1.54, 1.807) is 13.2 Å². The highest BCUT2D eigenvalue weighted by atomic mass is 35.5. The molecule has 3 nitrogen and oxygen atoms in total. The number of ether oxygens (including phenoxy) is 1. The highest BCUT2D eigenvalue weighted by molar-refractivity contribution is 6.18. The van der Waals surface area contributed by atoms with Gasteiger partial charge in [-0.05, 0) is 37.5 Å². The molecule has 1 saturated carbocycles. The Balaban J connectivity index is 2.01. The van der Waals surface area contributed by atoms with Crippen LogP contribution in [0.3, 0.4) is 0 Å². The van der Waals surface area contributed by atoms with E-state index in [0.29, 0.717) is 18.0 Å². The summed E-state index contributed by atoms with van der Waals surface area (Å²) >= 11 is 6.09. The third-order valence-electron chi connectivity index (χ3n) is 4.24. The van der Waals surface area contributed by atoms with Crippen LogP contribution in [-0.2, 0) is 0 Å². The molecule has 1 aromatic rings. The van der Waals surface area contributed by atoms with Crippen molar-refractivity contribution >= 4 is 17.5 Å². The molecule has 20 heavy (non-hydrogen) atoms. The molecule has 2 rings (SSSR count). The summed E-state index contributed by atoms with van der Waals surface area (Å²) in [6.45, 7) is 2.62. The standard InChI is InChI=1S/C16H22ClNO2/c1-12-5-6-13(9-14(12)20-2)15(19)18-11-16(10-17)7-3-4-8-16/h5-6,9H,3-4,7-8,10-11H2,1-2H3,(H,18,19). The lowest BCUT2D eigenvalue weighted by molar-refractivity contribution is 0.0934. The quantitative estimate of drug-likeness (QED) is 0.844. The zero-order valence-electron chi connectivity index (χ0n) is 12.2. The third kappa shape index (κ3) is 3.26. The van der Waals surface area contributed by atoms with Crippen molar-refractivity contribution in [1.82, 2.24) is 5.32 Å². The number of carbonyl (C=O) groups excluding carboxylic acids is 1. The number of carbonyl (C=O) groups is 1. The molecular formula is C16H22ClNO2. The maximum Gasteiger partial charge on any atom is 0.251 e. The Kier molecular flexibility index (Phi) is 4.92. The summed E-state index contributed by atoms with van der Waals surface area (Å²) in [5, 5.41) is 3.02. The van der Waals surface area contributed by atoms with E-state index < -0.39 is 0 Å². The average Bonchev–Trinajstić information content (AvgIpc) is 2.95. The Bertz CT molecular complexity index is 481. The van der Waals surface area contributed by atoms with Crippen LogP contribution in [0.1, 0.15) is 41.6 Å². The fourth-order valence-corrected chi connectivity index (χ4v) is 3.18. The van der Waals surface area contributed by atoms with Gasteiger partial charge in [0.15, 0.2) is 0 Å². The molecule has 0 spiro atoms. The van der Waals surface area contributed by atoms with E-state index in [4.69, 9.17) is 16.3 Å². The molecule has 1 aliphatic carbocycles. The van der Waals surface area contributed by atoms with E-state index in [-0.39, 0.29) is 11.3 Å². The van der Waals surface area contributed by atoms with Gasteiger partial charge in [0.25, 0.3) is 5.91 Å². The van der Waals surface area contributed by atoms with Crippen LogP contribution in [0.2, 0.25) is 0 Å². The molecule has 110 valence electrons. The average molecular weight is 296 g/mol. The number of hydrogen-bond acceptors (Lipinski definition) is 2. The lowest BCUT2D eigenvalue weighted by Gasteiger charge is -2.26. The van der Waals surface area contributed by atoms with Crippen molar-refractivity contribution in [1.29, 1.82) is 0 Å². The van der Waals surface area contributed by atoms with Crippen LogP contribution >= 0.6 is 11.6 Å². The summed E-state index contributed by atoms with van der Waals surface area (Å²) in [5.74, 6) is 1.30. The van der Waals surface area contributed by atoms with Crippen molar-refractivity contribution in [3.63, 3.8) is 0 Å². The lowest BCUT2D eigenvalue weighted by atomic mass is 9.88. The second-order valence-corrected chi connectivity index (χ2v) is 5.98. The lowest BCUT2D eigenvalue weighted by Crippen LogP contribution is -2.37. The Morgan fingerprint density at radius 3 is 2.70 bits per heavy atom. The van der Waals surface area contributed by atoms with E-state index in [2.05, 4.69) is 5.32 Å². The summed E-state index contributed by atoms with van der Waals surface area (Å²) in [7, 11) is 1.62. The zero-order valence-corrected chi connectivity index (χ0v) is 12.9. The number of alkyl halides is 1. The zero-order chi connectivity index (χ0) is 14.6. The van der Waals surface area contributed by atoms with Gasteiger partial charge < -0.3 is 10.1 Å². The molecule has 1 amide bonds. The molecule has 0 atom stereocenters. The smallest absolute Gasteiger partial charge is 0.251 e. The number of amides is 1. The van der Waals surface area contributed by atoms with Crippen LogP contribution in [0.15, 0.2) is 18.2 Å². The predicted molar refractivity (Wildman–Crippen MR) is 81.7 cm³/mol. The van der Waals surface area contributed by atoms with Crippen molar-refractivity contribution in [2.45, 2.75) is 32.6 Å². The highest BCUT2D eigenvalue weighted by Gasteiger charge is 2.33. The van der Waals surface area contributed by atoms with Gasteiger partial charge in [-0.2, -0.15) is 0 Å². The Hall–Kier alpha value is -1.22. The second-order valence-electron chi connectivity index (χ2n) is 5.71. The summed E-state index contributed by atoms with van der Waals surface area (Å²) in [6, 6.07) is 5.52. The number of rotatable bonds is 5. The van der Waals surface area contributed by atoms with Gasteiger partial charge in [-0.3, -0.25) is 4.79 Å². The normalized spacial score (nSPS) is 16.9. The summed E-state index contributed by atoms with van der Waals surface area (Å²) in [4.78, 5) is 12.2. The topological polar surface area (TPSA) is 38.3 Å². The molecule has 1 N–H and O–H groups in total. The van der Waals surface area contributed by atoms with E-state index in [1.165, 1.54) is 12.8 Å². The number of aryl methyl sites for hydroxylation is 1. The molecular weight excluding hydrogens is 274 g/mol. The van der Waals surface area contributed by atoms with E-state index >= 15 is 0 Å². The Morgan fingerprint density at radius 1 is 1.40 bits per heavy atom.